The van der Waals surface area contributed by atoms with Gasteiger partial charge in [-0.3, -0.25) is 4.79 Å². The summed E-state index contributed by atoms with van der Waals surface area (Å²) < 4.78 is 6.63. The van der Waals surface area contributed by atoms with Gasteiger partial charge in [0.05, 0.1) is 18.3 Å². The highest BCUT2D eigenvalue weighted by Gasteiger charge is 2.14. The average Bonchev–Trinajstić information content (AvgIpc) is 2.44. The summed E-state index contributed by atoms with van der Waals surface area (Å²) in [6.45, 7) is 3.17. The Kier molecular flexibility index (Phi) is 6.05. The van der Waals surface area contributed by atoms with Crippen LogP contribution in [-0.4, -0.2) is 25.2 Å². The molecule has 1 fully saturated rings. The molecular formula is C16H22BrNO2. The highest BCUT2D eigenvalue weighted by Crippen LogP contribution is 2.20. The predicted molar refractivity (Wildman–Crippen MR) is 84.0 cm³/mol. The van der Waals surface area contributed by atoms with Crippen LogP contribution in [0, 0.1) is 6.92 Å². The van der Waals surface area contributed by atoms with E-state index in [4.69, 9.17) is 4.74 Å². The number of hydrogen-bond acceptors (Lipinski definition) is 2. The second-order valence-corrected chi connectivity index (χ2v) is 6.22. The van der Waals surface area contributed by atoms with Gasteiger partial charge in [-0.1, -0.05) is 25.3 Å². The van der Waals surface area contributed by atoms with Gasteiger partial charge in [-0.25, -0.2) is 0 Å². The molecule has 3 nitrogen and oxygen atoms in total. The van der Waals surface area contributed by atoms with E-state index >= 15 is 0 Å². The van der Waals surface area contributed by atoms with Crippen molar-refractivity contribution in [1.82, 2.24) is 5.32 Å². The zero-order valence-corrected chi connectivity index (χ0v) is 13.5. The zero-order chi connectivity index (χ0) is 14.4. The molecule has 0 unspecified atom stereocenters. The van der Waals surface area contributed by atoms with Crippen LogP contribution in [-0.2, 0) is 4.74 Å². The monoisotopic (exact) mass is 339 g/mol. The normalized spacial score (nSPS) is 16.1. The third kappa shape index (κ3) is 4.60. The number of aryl methyl sites for hydroxylation is 1. The Morgan fingerprint density at radius 3 is 2.80 bits per heavy atom. The van der Waals surface area contributed by atoms with Gasteiger partial charge in [-0.15, -0.1) is 0 Å². The quantitative estimate of drug-likeness (QED) is 0.827. The first-order valence-electron chi connectivity index (χ1n) is 7.33. The van der Waals surface area contributed by atoms with Gasteiger partial charge in [-0.05, 0) is 53.4 Å². The van der Waals surface area contributed by atoms with E-state index in [-0.39, 0.29) is 5.91 Å². The van der Waals surface area contributed by atoms with E-state index < -0.39 is 0 Å². The fourth-order valence-corrected chi connectivity index (χ4v) is 3.19. The molecule has 0 atom stereocenters. The molecular weight excluding hydrogens is 318 g/mol. The summed E-state index contributed by atoms with van der Waals surface area (Å²) in [6.07, 6.45) is 6.60. The Bertz CT molecular complexity index is 456. The average molecular weight is 340 g/mol. The van der Waals surface area contributed by atoms with Crippen LogP contribution < -0.4 is 5.32 Å². The number of ether oxygens (including phenoxy) is 1. The maximum absolute atomic E-state index is 12.0. The van der Waals surface area contributed by atoms with Crippen LogP contribution >= 0.6 is 15.9 Å². The third-order valence-electron chi connectivity index (χ3n) is 3.66. The number of hydrogen-bond donors (Lipinski definition) is 1. The van der Waals surface area contributed by atoms with Crippen molar-refractivity contribution in [3.63, 3.8) is 0 Å². The van der Waals surface area contributed by atoms with Crippen LogP contribution in [0.1, 0.15) is 48.0 Å². The summed E-state index contributed by atoms with van der Waals surface area (Å²) in [6, 6.07) is 5.74. The molecule has 4 heteroatoms. The number of halogens is 1. The van der Waals surface area contributed by atoms with Gasteiger partial charge in [0.1, 0.15) is 0 Å². The van der Waals surface area contributed by atoms with Crippen molar-refractivity contribution >= 4 is 21.8 Å². The third-order valence-corrected chi connectivity index (χ3v) is 4.32. The number of amides is 1. The molecule has 0 aliphatic heterocycles. The lowest BCUT2D eigenvalue weighted by Gasteiger charge is -2.22. The number of rotatable bonds is 5. The standard InChI is InChI=1S/C16H22BrNO2/c1-12-7-8-14(15(17)11-12)16(19)18-9-10-20-13-5-3-2-4-6-13/h7-8,11,13H,2-6,9-10H2,1H3,(H,18,19). The molecule has 1 aromatic rings. The molecule has 1 saturated carbocycles. The van der Waals surface area contributed by atoms with E-state index in [1.807, 2.05) is 25.1 Å². The van der Waals surface area contributed by atoms with Crippen LogP contribution in [0.25, 0.3) is 0 Å². The first-order chi connectivity index (χ1) is 9.66. The molecule has 0 heterocycles. The van der Waals surface area contributed by atoms with Crippen LogP contribution in [0.2, 0.25) is 0 Å². The van der Waals surface area contributed by atoms with E-state index in [0.717, 1.165) is 22.9 Å². The van der Waals surface area contributed by atoms with Crippen molar-refractivity contribution in [3.8, 4) is 0 Å². The smallest absolute Gasteiger partial charge is 0.252 e. The van der Waals surface area contributed by atoms with E-state index in [0.29, 0.717) is 24.8 Å². The lowest BCUT2D eigenvalue weighted by molar-refractivity contribution is 0.0299. The SMILES string of the molecule is Cc1ccc(C(=O)NCCOC2CCCCC2)c(Br)c1. The second kappa shape index (κ2) is 7.79. The highest BCUT2D eigenvalue weighted by molar-refractivity contribution is 9.10. The highest BCUT2D eigenvalue weighted by atomic mass is 79.9. The molecule has 1 aliphatic rings. The van der Waals surface area contributed by atoms with Gasteiger partial charge in [0.2, 0.25) is 0 Å². The van der Waals surface area contributed by atoms with Gasteiger partial charge < -0.3 is 10.1 Å². The molecule has 0 radical (unpaired) electrons. The van der Waals surface area contributed by atoms with Gasteiger partial charge in [-0.2, -0.15) is 0 Å². The second-order valence-electron chi connectivity index (χ2n) is 5.37. The van der Waals surface area contributed by atoms with Crippen molar-refractivity contribution < 1.29 is 9.53 Å². The minimum Gasteiger partial charge on any atom is -0.376 e. The van der Waals surface area contributed by atoms with E-state index in [1.54, 1.807) is 0 Å². The van der Waals surface area contributed by atoms with Gasteiger partial charge in [0.15, 0.2) is 0 Å². The van der Waals surface area contributed by atoms with Crippen molar-refractivity contribution in [2.75, 3.05) is 13.2 Å². The summed E-state index contributed by atoms with van der Waals surface area (Å²) in [5.74, 6) is -0.0517. The van der Waals surface area contributed by atoms with E-state index in [2.05, 4.69) is 21.2 Å². The molecule has 0 bridgehead atoms. The van der Waals surface area contributed by atoms with Crippen molar-refractivity contribution in [3.05, 3.63) is 33.8 Å². The topological polar surface area (TPSA) is 38.3 Å². The van der Waals surface area contributed by atoms with Crippen molar-refractivity contribution in [1.29, 1.82) is 0 Å². The van der Waals surface area contributed by atoms with Gasteiger partial charge >= 0.3 is 0 Å². The van der Waals surface area contributed by atoms with Gasteiger partial charge in [0.25, 0.3) is 5.91 Å². The van der Waals surface area contributed by atoms with Crippen molar-refractivity contribution in [2.45, 2.75) is 45.1 Å². The maximum atomic E-state index is 12.0. The summed E-state index contributed by atoms with van der Waals surface area (Å²) in [4.78, 5) is 12.0. The summed E-state index contributed by atoms with van der Waals surface area (Å²) in [5.41, 5.74) is 1.81. The first kappa shape index (κ1) is 15.5. The molecule has 1 amide bonds. The summed E-state index contributed by atoms with van der Waals surface area (Å²) in [7, 11) is 0. The van der Waals surface area contributed by atoms with E-state index in [1.165, 1.54) is 19.3 Å². The minimum atomic E-state index is -0.0517. The number of nitrogens with one attached hydrogen (secondary N) is 1. The number of benzene rings is 1. The fraction of sp³-hybridized carbons (Fsp3) is 0.562. The zero-order valence-electron chi connectivity index (χ0n) is 12.0. The first-order valence-corrected chi connectivity index (χ1v) is 8.12. The van der Waals surface area contributed by atoms with Crippen LogP contribution in [0.5, 0.6) is 0 Å². The molecule has 20 heavy (non-hydrogen) atoms. The molecule has 0 aromatic heterocycles. The molecule has 1 aliphatic carbocycles. The molecule has 0 saturated heterocycles. The van der Waals surface area contributed by atoms with Crippen LogP contribution in [0.3, 0.4) is 0 Å². The minimum absolute atomic E-state index is 0.0517. The Hall–Kier alpha value is -0.870. The molecule has 110 valence electrons. The number of carbonyl (C=O) groups excluding carboxylic acids is 1. The molecule has 1 N–H and O–H groups in total. The lowest BCUT2D eigenvalue weighted by atomic mass is 9.98. The predicted octanol–water partition coefficient (Wildman–Crippen LogP) is 3.84. The summed E-state index contributed by atoms with van der Waals surface area (Å²) >= 11 is 3.43. The molecule has 0 spiro atoms. The van der Waals surface area contributed by atoms with Crippen LogP contribution in [0.15, 0.2) is 22.7 Å². The maximum Gasteiger partial charge on any atom is 0.252 e. The Morgan fingerprint density at radius 1 is 1.35 bits per heavy atom. The van der Waals surface area contributed by atoms with E-state index in [9.17, 15) is 4.79 Å². The Labute approximate surface area is 129 Å². The van der Waals surface area contributed by atoms with Crippen LogP contribution in [0.4, 0.5) is 0 Å². The van der Waals surface area contributed by atoms with Crippen molar-refractivity contribution in [2.24, 2.45) is 0 Å². The Balaban J connectivity index is 1.72. The fourth-order valence-electron chi connectivity index (χ4n) is 2.52. The van der Waals surface area contributed by atoms with Gasteiger partial charge in [0, 0.05) is 11.0 Å². The summed E-state index contributed by atoms with van der Waals surface area (Å²) in [5, 5.41) is 2.90. The lowest BCUT2D eigenvalue weighted by Crippen LogP contribution is -2.29. The Morgan fingerprint density at radius 2 is 2.10 bits per heavy atom. The molecule has 1 aromatic carbocycles. The number of carbonyl (C=O) groups is 1. The largest absolute Gasteiger partial charge is 0.376 e. The molecule has 2 rings (SSSR count).